The maximum absolute atomic E-state index is 12.1. The molecular formula is C20H19N3O3S. The van der Waals surface area contributed by atoms with E-state index < -0.39 is 9.84 Å². The number of anilines is 1. The number of hydrogen-bond donors (Lipinski definition) is 1. The minimum absolute atomic E-state index is 0.0155. The van der Waals surface area contributed by atoms with Gasteiger partial charge in [-0.05, 0) is 29.8 Å². The van der Waals surface area contributed by atoms with Gasteiger partial charge in [0.15, 0.2) is 14.9 Å². The number of aromatic nitrogens is 2. The van der Waals surface area contributed by atoms with E-state index >= 15 is 0 Å². The quantitative estimate of drug-likeness (QED) is 0.709. The Bertz CT molecular complexity index is 1020. The van der Waals surface area contributed by atoms with Crippen LogP contribution < -0.4 is 5.32 Å². The van der Waals surface area contributed by atoms with E-state index in [1.54, 1.807) is 37.3 Å². The largest absolute Gasteiger partial charge is 0.326 e. The predicted octanol–water partition coefficient (Wildman–Crippen LogP) is 3.12. The van der Waals surface area contributed by atoms with Gasteiger partial charge < -0.3 is 5.32 Å². The molecule has 0 radical (unpaired) electrons. The first-order chi connectivity index (χ1) is 13.0. The topological polar surface area (TPSA) is 89.0 Å². The summed E-state index contributed by atoms with van der Waals surface area (Å²) in [7, 11) is -3.36. The van der Waals surface area contributed by atoms with Gasteiger partial charge in [0.05, 0.1) is 17.9 Å². The Balaban J connectivity index is 1.67. The second-order valence-electron chi connectivity index (χ2n) is 5.95. The Morgan fingerprint density at radius 3 is 2.22 bits per heavy atom. The molecule has 0 saturated heterocycles. The summed E-state index contributed by atoms with van der Waals surface area (Å²) in [5.41, 5.74) is 2.97. The number of benzene rings is 2. The molecule has 1 amide bonds. The lowest BCUT2D eigenvalue weighted by Gasteiger charge is -2.07. The third-order valence-corrected chi connectivity index (χ3v) is 5.63. The molecule has 138 valence electrons. The maximum atomic E-state index is 12.1. The molecule has 0 aliphatic heterocycles. The number of amides is 1. The van der Waals surface area contributed by atoms with Gasteiger partial charge in [-0.3, -0.25) is 4.79 Å². The minimum Gasteiger partial charge on any atom is -0.326 e. The van der Waals surface area contributed by atoms with Gasteiger partial charge in [-0.25, -0.2) is 8.42 Å². The van der Waals surface area contributed by atoms with Gasteiger partial charge in [-0.2, -0.15) is 0 Å². The van der Waals surface area contributed by atoms with Gasteiger partial charge in [0.25, 0.3) is 0 Å². The van der Waals surface area contributed by atoms with Crippen molar-refractivity contribution in [1.29, 1.82) is 0 Å². The van der Waals surface area contributed by atoms with Crippen LogP contribution >= 0.6 is 0 Å². The molecule has 2 aromatic carbocycles. The fourth-order valence-electron chi connectivity index (χ4n) is 2.50. The average Bonchev–Trinajstić information content (AvgIpc) is 2.69. The Labute approximate surface area is 158 Å². The first-order valence-electron chi connectivity index (χ1n) is 8.48. The maximum Gasteiger partial charge on any atom is 0.228 e. The normalized spacial score (nSPS) is 11.1. The van der Waals surface area contributed by atoms with Gasteiger partial charge in [0, 0.05) is 11.3 Å². The highest BCUT2D eigenvalue weighted by atomic mass is 32.2. The Hall–Kier alpha value is -3.06. The van der Waals surface area contributed by atoms with Crippen molar-refractivity contribution >= 4 is 21.4 Å². The molecule has 7 heteroatoms. The number of nitrogens with zero attached hydrogens (tertiary/aromatic N) is 2. The molecule has 0 unspecified atom stereocenters. The summed E-state index contributed by atoms with van der Waals surface area (Å²) in [4.78, 5) is 12.1. The lowest BCUT2D eigenvalue weighted by molar-refractivity contribution is -0.115. The first kappa shape index (κ1) is 18.7. The van der Waals surface area contributed by atoms with E-state index in [4.69, 9.17) is 0 Å². The van der Waals surface area contributed by atoms with E-state index in [0.717, 1.165) is 11.1 Å². The van der Waals surface area contributed by atoms with Crippen molar-refractivity contribution in [2.24, 2.45) is 0 Å². The standard InChI is InChI=1S/C20H19N3O3S/c1-2-27(25,26)20-13-12-18(22-23-20)16-8-10-17(11-9-16)21-19(24)14-15-6-4-3-5-7-15/h3-13H,2,14H2,1H3,(H,21,24). The van der Waals surface area contributed by atoms with Crippen LogP contribution in [0.1, 0.15) is 12.5 Å². The smallest absolute Gasteiger partial charge is 0.228 e. The van der Waals surface area contributed by atoms with Gasteiger partial charge in [-0.15, -0.1) is 10.2 Å². The van der Waals surface area contributed by atoms with Crippen LogP contribution in [-0.2, 0) is 21.1 Å². The Morgan fingerprint density at radius 1 is 0.926 bits per heavy atom. The summed E-state index contributed by atoms with van der Waals surface area (Å²) in [5.74, 6) is -0.110. The molecule has 0 aliphatic carbocycles. The number of rotatable bonds is 6. The fourth-order valence-corrected chi connectivity index (χ4v) is 3.23. The number of nitrogens with one attached hydrogen (secondary N) is 1. The number of carbonyl (C=O) groups is 1. The van der Waals surface area contributed by atoms with E-state index in [1.165, 1.54) is 6.07 Å². The third kappa shape index (κ3) is 4.77. The molecule has 1 heterocycles. The SMILES string of the molecule is CCS(=O)(=O)c1ccc(-c2ccc(NC(=O)Cc3ccccc3)cc2)nn1. The third-order valence-electron chi connectivity index (χ3n) is 4.01. The van der Waals surface area contributed by atoms with Crippen molar-refractivity contribution in [2.45, 2.75) is 18.4 Å². The van der Waals surface area contributed by atoms with Crippen LogP contribution in [0.3, 0.4) is 0 Å². The molecule has 0 spiro atoms. The fraction of sp³-hybridized carbons (Fsp3) is 0.150. The van der Waals surface area contributed by atoms with Crippen molar-refractivity contribution in [3.63, 3.8) is 0 Å². The van der Waals surface area contributed by atoms with Crippen molar-refractivity contribution < 1.29 is 13.2 Å². The van der Waals surface area contributed by atoms with E-state index in [1.807, 2.05) is 30.3 Å². The van der Waals surface area contributed by atoms with E-state index in [2.05, 4.69) is 15.5 Å². The molecule has 0 aliphatic rings. The van der Waals surface area contributed by atoms with Gasteiger partial charge >= 0.3 is 0 Å². The molecule has 0 bridgehead atoms. The second kappa shape index (κ2) is 8.09. The first-order valence-corrected chi connectivity index (χ1v) is 10.1. The van der Waals surface area contributed by atoms with Crippen LogP contribution in [0.5, 0.6) is 0 Å². The number of hydrogen-bond acceptors (Lipinski definition) is 5. The molecular weight excluding hydrogens is 362 g/mol. The highest BCUT2D eigenvalue weighted by molar-refractivity contribution is 7.91. The highest BCUT2D eigenvalue weighted by Gasteiger charge is 2.14. The number of sulfone groups is 1. The molecule has 0 atom stereocenters. The summed E-state index contributed by atoms with van der Waals surface area (Å²) >= 11 is 0. The van der Waals surface area contributed by atoms with Crippen LogP contribution in [-0.4, -0.2) is 30.3 Å². The van der Waals surface area contributed by atoms with Crippen LogP contribution in [0.4, 0.5) is 5.69 Å². The molecule has 6 nitrogen and oxygen atoms in total. The van der Waals surface area contributed by atoms with Crippen molar-refractivity contribution in [3.8, 4) is 11.3 Å². The van der Waals surface area contributed by atoms with Crippen LogP contribution in [0.25, 0.3) is 11.3 Å². The lowest BCUT2D eigenvalue weighted by atomic mass is 10.1. The molecule has 27 heavy (non-hydrogen) atoms. The van der Waals surface area contributed by atoms with Crippen molar-refractivity contribution in [3.05, 3.63) is 72.3 Å². The van der Waals surface area contributed by atoms with E-state index in [-0.39, 0.29) is 16.7 Å². The molecule has 1 aromatic heterocycles. The van der Waals surface area contributed by atoms with Crippen LogP contribution in [0.2, 0.25) is 0 Å². The number of carbonyl (C=O) groups excluding carboxylic acids is 1. The van der Waals surface area contributed by atoms with Gasteiger partial charge in [-0.1, -0.05) is 49.4 Å². The Morgan fingerprint density at radius 2 is 1.63 bits per heavy atom. The van der Waals surface area contributed by atoms with Crippen LogP contribution in [0, 0.1) is 0 Å². The Kier molecular flexibility index (Phi) is 5.61. The van der Waals surface area contributed by atoms with Gasteiger partial charge in [0.1, 0.15) is 0 Å². The van der Waals surface area contributed by atoms with E-state index in [9.17, 15) is 13.2 Å². The van der Waals surface area contributed by atoms with E-state index in [0.29, 0.717) is 17.8 Å². The molecule has 0 saturated carbocycles. The summed E-state index contributed by atoms with van der Waals surface area (Å²) in [6.07, 6.45) is 0.307. The van der Waals surface area contributed by atoms with Crippen molar-refractivity contribution in [2.75, 3.05) is 11.1 Å². The highest BCUT2D eigenvalue weighted by Crippen LogP contribution is 2.20. The molecule has 3 rings (SSSR count). The average molecular weight is 381 g/mol. The molecule has 0 fully saturated rings. The lowest BCUT2D eigenvalue weighted by Crippen LogP contribution is -2.14. The minimum atomic E-state index is -3.36. The summed E-state index contributed by atoms with van der Waals surface area (Å²) < 4.78 is 23.6. The second-order valence-corrected chi connectivity index (χ2v) is 8.17. The zero-order valence-corrected chi connectivity index (χ0v) is 15.6. The molecule has 3 aromatic rings. The zero-order valence-electron chi connectivity index (χ0n) is 14.8. The monoisotopic (exact) mass is 381 g/mol. The summed E-state index contributed by atoms with van der Waals surface area (Å²) in [6, 6.07) is 19.8. The summed E-state index contributed by atoms with van der Waals surface area (Å²) in [5, 5.41) is 10.6. The summed E-state index contributed by atoms with van der Waals surface area (Å²) in [6.45, 7) is 1.57. The van der Waals surface area contributed by atoms with Crippen molar-refractivity contribution in [1.82, 2.24) is 10.2 Å². The molecule has 1 N–H and O–H groups in total. The predicted molar refractivity (Wildman–Crippen MR) is 104 cm³/mol. The van der Waals surface area contributed by atoms with Gasteiger partial charge in [0.2, 0.25) is 5.91 Å². The van der Waals surface area contributed by atoms with Crippen LogP contribution in [0.15, 0.2) is 71.8 Å². The zero-order chi connectivity index (χ0) is 19.3.